The second-order valence-electron chi connectivity index (χ2n) is 6.49. The standard InChI is InChI=1S/C17H23N5O3S/c1-20(2)26(24,25)21-13-9-17(10-14-21,22-12-6-11-18-22)16(23)19-15-7-4-3-5-8-15/h3-8,11-12H,9-10,13-14H2,1-2H3,(H,19,23). The number of anilines is 1. The van der Waals surface area contributed by atoms with Crippen molar-refractivity contribution in [1.29, 1.82) is 0 Å². The molecule has 2 aromatic rings. The number of hydrogen-bond donors (Lipinski definition) is 1. The van der Waals surface area contributed by atoms with Crippen molar-refractivity contribution in [2.75, 3.05) is 32.5 Å². The molecule has 1 N–H and O–H groups in total. The van der Waals surface area contributed by atoms with Gasteiger partial charge >= 0.3 is 0 Å². The zero-order valence-electron chi connectivity index (χ0n) is 14.9. The molecule has 0 spiro atoms. The zero-order valence-corrected chi connectivity index (χ0v) is 15.7. The van der Waals surface area contributed by atoms with Crippen LogP contribution in [0.4, 0.5) is 5.69 Å². The van der Waals surface area contributed by atoms with E-state index in [0.29, 0.717) is 18.5 Å². The second kappa shape index (κ2) is 7.18. The predicted molar refractivity (Wildman–Crippen MR) is 98.7 cm³/mol. The summed E-state index contributed by atoms with van der Waals surface area (Å²) in [5.41, 5.74) is -0.218. The fraction of sp³-hybridized carbons (Fsp3) is 0.412. The van der Waals surface area contributed by atoms with Crippen molar-refractivity contribution in [3.05, 3.63) is 48.8 Å². The number of hydrogen-bond acceptors (Lipinski definition) is 4. The smallest absolute Gasteiger partial charge is 0.281 e. The van der Waals surface area contributed by atoms with Crippen molar-refractivity contribution < 1.29 is 13.2 Å². The van der Waals surface area contributed by atoms with Crippen LogP contribution in [-0.4, -0.2) is 59.9 Å². The van der Waals surface area contributed by atoms with Gasteiger partial charge in [0.25, 0.3) is 16.1 Å². The van der Waals surface area contributed by atoms with E-state index in [1.54, 1.807) is 23.1 Å². The van der Waals surface area contributed by atoms with E-state index in [4.69, 9.17) is 0 Å². The Morgan fingerprint density at radius 1 is 1.15 bits per heavy atom. The minimum absolute atomic E-state index is 0.186. The Balaban J connectivity index is 1.85. The largest absolute Gasteiger partial charge is 0.324 e. The van der Waals surface area contributed by atoms with Gasteiger partial charge in [-0.15, -0.1) is 0 Å². The van der Waals surface area contributed by atoms with E-state index in [2.05, 4.69) is 10.4 Å². The number of amides is 1. The van der Waals surface area contributed by atoms with Gasteiger partial charge < -0.3 is 5.32 Å². The summed E-state index contributed by atoms with van der Waals surface area (Å²) >= 11 is 0. The molecule has 9 heteroatoms. The molecule has 0 atom stereocenters. The zero-order chi connectivity index (χ0) is 18.8. The first kappa shape index (κ1) is 18.6. The summed E-state index contributed by atoms with van der Waals surface area (Å²) in [5, 5.41) is 7.21. The maximum absolute atomic E-state index is 13.1. The number of para-hydroxylation sites is 1. The first-order chi connectivity index (χ1) is 12.4. The number of benzene rings is 1. The number of aromatic nitrogens is 2. The molecule has 1 saturated heterocycles. The van der Waals surface area contributed by atoms with Gasteiger partial charge in [-0.3, -0.25) is 9.48 Å². The Morgan fingerprint density at radius 3 is 2.35 bits per heavy atom. The molecule has 1 aliphatic rings. The first-order valence-electron chi connectivity index (χ1n) is 8.40. The Bertz CT molecular complexity index is 842. The van der Waals surface area contributed by atoms with E-state index < -0.39 is 15.7 Å². The van der Waals surface area contributed by atoms with E-state index in [1.165, 1.54) is 22.7 Å². The van der Waals surface area contributed by atoms with Crippen LogP contribution in [0.3, 0.4) is 0 Å². The molecule has 0 bridgehead atoms. The summed E-state index contributed by atoms with van der Waals surface area (Å²) in [5.74, 6) is -0.186. The van der Waals surface area contributed by atoms with Crippen LogP contribution in [0.2, 0.25) is 0 Å². The number of rotatable bonds is 5. The number of carbonyl (C=O) groups is 1. The molecule has 0 radical (unpaired) electrons. The minimum Gasteiger partial charge on any atom is -0.324 e. The van der Waals surface area contributed by atoms with E-state index >= 15 is 0 Å². The minimum atomic E-state index is -3.50. The Kier molecular flexibility index (Phi) is 5.12. The van der Waals surface area contributed by atoms with Crippen molar-refractivity contribution in [3.63, 3.8) is 0 Å². The van der Waals surface area contributed by atoms with E-state index in [-0.39, 0.29) is 19.0 Å². The lowest BCUT2D eigenvalue weighted by Crippen LogP contribution is -2.55. The quantitative estimate of drug-likeness (QED) is 0.846. The summed E-state index contributed by atoms with van der Waals surface area (Å²) in [7, 11) is -0.485. The summed E-state index contributed by atoms with van der Waals surface area (Å²) in [6.07, 6.45) is 4.07. The Morgan fingerprint density at radius 2 is 1.81 bits per heavy atom. The normalized spacial score (nSPS) is 18.0. The monoisotopic (exact) mass is 377 g/mol. The molecule has 140 valence electrons. The van der Waals surface area contributed by atoms with E-state index in [0.717, 1.165) is 0 Å². The van der Waals surface area contributed by atoms with Gasteiger partial charge in [0.15, 0.2) is 0 Å². The van der Waals surface area contributed by atoms with Crippen LogP contribution in [0, 0.1) is 0 Å². The molecule has 1 fully saturated rings. The third kappa shape index (κ3) is 3.37. The fourth-order valence-electron chi connectivity index (χ4n) is 3.17. The van der Waals surface area contributed by atoms with Crippen LogP contribution in [0.15, 0.2) is 48.8 Å². The average Bonchev–Trinajstić information content (AvgIpc) is 3.17. The molecule has 0 saturated carbocycles. The molecule has 1 amide bonds. The molecule has 3 rings (SSSR count). The van der Waals surface area contributed by atoms with Gasteiger partial charge in [0.05, 0.1) is 0 Å². The van der Waals surface area contributed by atoms with E-state index in [1.807, 2.05) is 30.3 Å². The fourth-order valence-corrected chi connectivity index (χ4v) is 4.27. The highest BCUT2D eigenvalue weighted by atomic mass is 32.2. The maximum atomic E-state index is 13.1. The molecular weight excluding hydrogens is 354 g/mol. The van der Waals surface area contributed by atoms with Gasteiger partial charge in [-0.2, -0.15) is 22.1 Å². The van der Waals surface area contributed by atoms with Gasteiger partial charge in [0.2, 0.25) is 0 Å². The summed E-state index contributed by atoms with van der Waals surface area (Å²) < 4.78 is 29.0. The average molecular weight is 377 g/mol. The second-order valence-corrected chi connectivity index (χ2v) is 8.63. The third-order valence-corrected chi connectivity index (χ3v) is 6.68. The van der Waals surface area contributed by atoms with Crippen LogP contribution < -0.4 is 5.32 Å². The molecule has 0 unspecified atom stereocenters. The van der Waals surface area contributed by atoms with Gasteiger partial charge in [-0.25, -0.2) is 0 Å². The number of nitrogens with zero attached hydrogens (tertiary/aromatic N) is 4. The van der Waals surface area contributed by atoms with E-state index in [9.17, 15) is 13.2 Å². The highest BCUT2D eigenvalue weighted by Gasteiger charge is 2.46. The maximum Gasteiger partial charge on any atom is 0.281 e. The third-order valence-electron chi connectivity index (χ3n) is 4.73. The van der Waals surface area contributed by atoms with Crippen molar-refractivity contribution in [1.82, 2.24) is 18.4 Å². The molecule has 1 aromatic heterocycles. The van der Waals surface area contributed by atoms with Crippen molar-refractivity contribution in [2.24, 2.45) is 0 Å². The van der Waals surface area contributed by atoms with Crippen LogP contribution in [0.25, 0.3) is 0 Å². The van der Waals surface area contributed by atoms with Crippen molar-refractivity contribution in [2.45, 2.75) is 18.4 Å². The van der Waals surface area contributed by atoms with Gasteiger partial charge in [0, 0.05) is 45.3 Å². The lowest BCUT2D eigenvalue weighted by molar-refractivity contribution is -0.127. The predicted octanol–water partition coefficient (Wildman–Crippen LogP) is 1.12. The Hall–Kier alpha value is -2.23. The van der Waals surface area contributed by atoms with Crippen LogP contribution in [0.1, 0.15) is 12.8 Å². The number of nitrogens with one attached hydrogen (secondary N) is 1. The van der Waals surface area contributed by atoms with Crippen molar-refractivity contribution >= 4 is 21.8 Å². The molecule has 0 aliphatic carbocycles. The number of piperidine rings is 1. The van der Waals surface area contributed by atoms with Gasteiger partial charge in [-0.05, 0) is 31.0 Å². The molecule has 1 aromatic carbocycles. The molecular formula is C17H23N5O3S. The topological polar surface area (TPSA) is 87.5 Å². The van der Waals surface area contributed by atoms with Crippen LogP contribution >= 0.6 is 0 Å². The van der Waals surface area contributed by atoms with Crippen LogP contribution in [-0.2, 0) is 20.5 Å². The molecule has 1 aliphatic heterocycles. The number of carbonyl (C=O) groups excluding carboxylic acids is 1. The summed E-state index contributed by atoms with van der Waals surface area (Å²) in [6, 6.07) is 11.0. The lowest BCUT2D eigenvalue weighted by Gasteiger charge is -2.40. The lowest BCUT2D eigenvalue weighted by atomic mass is 9.87. The van der Waals surface area contributed by atoms with Gasteiger partial charge in [-0.1, -0.05) is 18.2 Å². The summed E-state index contributed by atoms with van der Waals surface area (Å²) in [4.78, 5) is 13.1. The summed E-state index contributed by atoms with van der Waals surface area (Å²) in [6.45, 7) is 0.505. The van der Waals surface area contributed by atoms with Crippen LogP contribution in [0.5, 0.6) is 0 Å². The Labute approximate surface area is 153 Å². The van der Waals surface area contributed by atoms with Crippen molar-refractivity contribution in [3.8, 4) is 0 Å². The molecule has 8 nitrogen and oxygen atoms in total. The SMILES string of the molecule is CN(C)S(=O)(=O)N1CCC(C(=O)Nc2ccccc2)(n2cccn2)CC1. The highest BCUT2D eigenvalue weighted by molar-refractivity contribution is 7.86. The highest BCUT2D eigenvalue weighted by Crippen LogP contribution is 2.32. The van der Waals surface area contributed by atoms with Gasteiger partial charge in [0.1, 0.15) is 5.54 Å². The molecule has 2 heterocycles. The molecule has 26 heavy (non-hydrogen) atoms. The first-order valence-corrected chi connectivity index (χ1v) is 9.80.